The van der Waals surface area contributed by atoms with Gasteiger partial charge in [-0.2, -0.15) is 0 Å². The monoisotopic (exact) mass is 343 g/mol. The predicted molar refractivity (Wildman–Crippen MR) is 62.3 cm³/mol. The summed E-state index contributed by atoms with van der Waals surface area (Å²) in [5.74, 6) is 1.89. The Balaban J connectivity index is 0.00000196. The molecule has 0 bridgehead atoms. The number of hydrogen-bond acceptors (Lipinski definition) is 2. The number of rotatable bonds is 3. The van der Waals surface area contributed by atoms with Gasteiger partial charge in [-0.25, -0.2) is 0 Å². The van der Waals surface area contributed by atoms with Crippen molar-refractivity contribution in [3.05, 3.63) is 0 Å². The molecule has 0 atom stereocenters. The van der Waals surface area contributed by atoms with E-state index >= 15 is 0 Å². The number of likely N-dealkylation sites (tertiary alicyclic amines) is 1. The lowest BCUT2D eigenvalue weighted by atomic mass is 9.98. The van der Waals surface area contributed by atoms with E-state index in [0.717, 1.165) is 18.2 Å². The molecule has 0 aliphatic carbocycles. The Morgan fingerprint density at radius 2 is 1.93 bits per heavy atom. The number of nitrogens with zero attached hydrogens (tertiary/aromatic N) is 1. The fourth-order valence-electron chi connectivity index (χ4n) is 1.95. The van der Waals surface area contributed by atoms with Gasteiger partial charge in [-0.3, -0.25) is 4.79 Å². The quantitative estimate of drug-likeness (QED) is 0.491. The van der Waals surface area contributed by atoms with Gasteiger partial charge in [-0.1, -0.05) is 18.7 Å². The van der Waals surface area contributed by atoms with Crippen LogP contribution in [0.25, 0.3) is 0 Å². The first kappa shape index (κ1) is 15.7. The molecule has 4 heteroatoms. The van der Waals surface area contributed by atoms with Crippen LogP contribution in [0.15, 0.2) is 0 Å². The molecule has 0 saturated carbocycles. The third-order valence-electron chi connectivity index (χ3n) is 3.26. The summed E-state index contributed by atoms with van der Waals surface area (Å²) >= 11 is 1.47. The number of piperidine rings is 1. The van der Waals surface area contributed by atoms with Crippen LogP contribution in [0.5, 0.6) is 0 Å². The molecule has 0 spiro atoms. The second kappa shape index (κ2) is 7.12. The third kappa shape index (κ3) is 6.12. The van der Waals surface area contributed by atoms with E-state index in [2.05, 4.69) is 14.0 Å². The molecule has 0 radical (unpaired) electrons. The van der Waals surface area contributed by atoms with Crippen LogP contribution < -0.4 is 24.0 Å². The van der Waals surface area contributed by atoms with E-state index in [9.17, 15) is 4.79 Å². The Labute approximate surface area is 115 Å². The summed E-state index contributed by atoms with van der Waals surface area (Å²) in [6.45, 7) is 7.73. The molecule has 0 unspecified atom stereocenters. The largest absolute Gasteiger partial charge is 1.00 e. The van der Waals surface area contributed by atoms with Crippen molar-refractivity contribution in [1.29, 1.82) is 0 Å². The minimum absolute atomic E-state index is 0. The smallest absolute Gasteiger partial charge is 0.186 e. The molecule has 0 aromatic carbocycles. The summed E-state index contributed by atoms with van der Waals surface area (Å²) in [6, 6.07) is 0. The topological polar surface area (TPSA) is 17.1 Å². The van der Waals surface area contributed by atoms with Crippen LogP contribution in [0.4, 0.5) is 0 Å². The molecule has 1 fully saturated rings. The molecule has 0 aromatic heterocycles. The summed E-state index contributed by atoms with van der Waals surface area (Å²) in [6.07, 6.45) is 2.70. The number of thioether (sulfide) groups is 1. The first-order valence-corrected chi connectivity index (χ1v) is 6.47. The normalized spacial score (nSPS) is 30.7. The average Bonchev–Trinajstić information content (AvgIpc) is 2.10. The van der Waals surface area contributed by atoms with Crippen molar-refractivity contribution in [2.45, 2.75) is 26.7 Å². The maximum absolute atomic E-state index is 10.8. The molecule has 1 rings (SSSR count). The Morgan fingerprint density at radius 1 is 1.40 bits per heavy atom. The molecule has 2 nitrogen and oxygen atoms in total. The molecule has 1 aliphatic heterocycles. The third-order valence-corrected chi connectivity index (χ3v) is 4.05. The number of carbonyl (C=O) groups is 1. The summed E-state index contributed by atoms with van der Waals surface area (Å²) in [4.78, 5) is 10.8. The van der Waals surface area contributed by atoms with E-state index in [0.29, 0.717) is 0 Å². The predicted octanol–water partition coefficient (Wildman–Crippen LogP) is -0.853. The SMILES string of the molecule is CC(=O)SCC[N+]1(C)CCC(C)CC1.[I-]. The zero-order valence-corrected chi connectivity index (χ0v) is 12.9. The van der Waals surface area contributed by atoms with Crippen molar-refractivity contribution in [1.82, 2.24) is 0 Å². The second-order valence-corrected chi connectivity index (χ2v) is 6.08. The van der Waals surface area contributed by atoms with Gasteiger partial charge in [0.15, 0.2) is 5.12 Å². The lowest BCUT2D eigenvalue weighted by Gasteiger charge is -2.39. The maximum atomic E-state index is 10.8. The molecular formula is C11H22INOS. The Kier molecular flexibility index (Phi) is 7.45. The van der Waals surface area contributed by atoms with Crippen LogP contribution in [0.1, 0.15) is 26.7 Å². The summed E-state index contributed by atoms with van der Waals surface area (Å²) < 4.78 is 1.17. The molecule has 0 amide bonds. The molecule has 1 aliphatic rings. The highest BCUT2D eigenvalue weighted by Gasteiger charge is 2.27. The van der Waals surface area contributed by atoms with Crippen LogP contribution in [0.2, 0.25) is 0 Å². The summed E-state index contributed by atoms with van der Waals surface area (Å²) in [5.41, 5.74) is 0. The Hall–Kier alpha value is 0.710. The zero-order chi connectivity index (χ0) is 10.6. The zero-order valence-electron chi connectivity index (χ0n) is 9.96. The van der Waals surface area contributed by atoms with Crippen molar-refractivity contribution in [2.24, 2.45) is 5.92 Å². The molecule has 1 heterocycles. The van der Waals surface area contributed by atoms with Gasteiger partial charge in [0, 0.05) is 6.92 Å². The van der Waals surface area contributed by atoms with Crippen molar-refractivity contribution < 1.29 is 33.3 Å². The van der Waals surface area contributed by atoms with Crippen LogP contribution in [0.3, 0.4) is 0 Å². The standard InChI is InChI=1S/C11H22NOS.HI/c1-10-4-6-12(3,7-5-10)8-9-14-11(2)13;/h10H,4-9H2,1-3H3;1H/q+1;/p-1. The average molecular weight is 343 g/mol. The molecule has 90 valence electrons. The highest BCUT2D eigenvalue weighted by atomic mass is 127. The number of carbonyl (C=O) groups excluding carboxylic acids is 1. The first-order chi connectivity index (χ1) is 6.52. The molecule has 0 N–H and O–H groups in total. The maximum Gasteiger partial charge on any atom is 0.186 e. The van der Waals surface area contributed by atoms with Gasteiger partial charge in [-0.05, 0) is 18.8 Å². The molecular weight excluding hydrogens is 321 g/mol. The van der Waals surface area contributed by atoms with Gasteiger partial charge < -0.3 is 28.5 Å². The van der Waals surface area contributed by atoms with Crippen molar-refractivity contribution in [3.63, 3.8) is 0 Å². The van der Waals surface area contributed by atoms with Gasteiger partial charge >= 0.3 is 0 Å². The molecule has 15 heavy (non-hydrogen) atoms. The number of hydrogen-bond donors (Lipinski definition) is 0. The first-order valence-electron chi connectivity index (χ1n) is 5.49. The Morgan fingerprint density at radius 3 is 2.40 bits per heavy atom. The van der Waals surface area contributed by atoms with Gasteiger partial charge in [0.1, 0.15) is 0 Å². The van der Waals surface area contributed by atoms with Crippen LogP contribution in [-0.2, 0) is 4.79 Å². The lowest BCUT2D eigenvalue weighted by molar-refractivity contribution is -0.912. The minimum Gasteiger partial charge on any atom is -1.00 e. The fraction of sp³-hybridized carbons (Fsp3) is 0.909. The fourth-order valence-corrected chi connectivity index (χ4v) is 2.77. The van der Waals surface area contributed by atoms with Gasteiger partial charge in [0.25, 0.3) is 0 Å². The van der Waals surface area contributed by atoms with E-state index in [1.807, 2.05) is 0 Å². The van der Waals surface area contributed by atoms with Crippen molar-refractivity contribution in [3.8, 4) is 0 Å². The van der Waals surface area contributed by atoms with E-state index < -0.39 is 0 Å². The number of quaternary nitrogens is 1. The van der Waals surface area contributed by atoms with Crippen LogP contribution in [0, 0.1) is 5.92 Å². The summed E-state index contributed by atoms with van der Waals surface area (Å²) in [7, 11) is 2.33. The highest BCUT2D eigenvalue weighted by molar-refractivity contribution is 8.13. The Bertz CT molecular complexity index is 203. The lowest BCUT2D eigenvalue weighted by Crippen LogP contribution is -3.00. The van der Waals surface area contributed by atoms with Gasteiger partial charge in [0.2, 0.25) is 0 Å². The van der Waals surface area contributed by atoms with Crippen molar-refractivity contribution in [2.75, 3.05) is 32.4 Å². The van der Waals surface area contributed by atoms with Crippen LogP contribution in [-0.4, -0.2) is 42.0 Å². The summed E-state index contributed by atoms with van der Waals surface area (Å²) in [5, 5.41) is 0.252. The minimum atomic E-state index is 0. The molecule has 1 saturated heterocycles. The van der Waals surface area contributed by atoms with E-state index in [-0.39, 0.29) is 29.1 Å². The van der Waals surface area contributed by atoms with E-state index in [1.54, 1.807) is 6.92 Å². The number of halogens is 1. The van der Waals surface area contributed by atoms with Crippen LogP contribution >= 0.6 is 11.8 Å². The second-order valence-electron chi connectivity index (χ2n) is 4.81. The van der Waals surface area contributed by atoms with E-state index in [4.69, 9.17) is 0 Å². The van der Waals surface area contributed by atoms with Gasteiger partial charge in [-0.15, -0.1) is 0 Å². The van der Waals surface area contributed by atoms with E-state index in [1.165, 1.54) is 42.2 Å². The highest BCUT2D eigenvalue weighted by Crippen LogP contribution is 2.21. The van der Waals surface area contributed by atoms with Crippen molar-refractivity contribution >= 4 is 16.9 Å². The van der Waals surface area contributed by atoms with Gasteiger partial charge in [0.05, 0.1) is 32.4 Å². The molecule has 0 aromatic rings.